The van der Waals surface area contributed by atoms with Crippen molar-refractivity contribution in [3.63, 3.8) is 0 Å². The van der Waals surface area contributed by atoms with Gasteiger partial charge in [0.15, 0.2) is 0 Å². The highest BCUT2D eigenvalue weighted by molar-refractivity contribution is 7.99. The molecule has 9 rings (SSSR count). The van der Waals surface area contributed by atoms with Crippen LogP contribution in [0.3, 0.4) is 0 Å². The second-order valence-corrected chi connectivity index (χ2v) is 27.0. The third kappa shape index (κ3) is 22.3. The Bertz CT molecular complexity index is 3480. The van der Waals surface area contributed by atoms with Crippen LogP contribution in [-0.2, 0) is 76.8 Å². The van der Waals surface area contributed by atoms with Crippen LogP contribution < -0.4 is 14.2 Å². The minimum atomic E-state index is -3.71. The number of nitrogens with zero attached hydrogens (tertiary/aromatic N) is 3. The number of carbonyl (C=O) groups excluding carboxylic acids is 3. The lowest BCUT2D eigenvalue weighted by atomic mass is 9.92. The Labute approximate surface area is 574 Å². The first kappa shape index (κ1) is 76.5. The lowest BCUT2D eigenvalue weighted by Crippen LogP contribution is -2.56. The topological polar surface area (TPSA) is 274 Å². The average Bonchev–Trinajstić information content (AvgIpc) is 0.824. The molecule has 3 saturated heterocycles. The Balaban J connectivity index is 0.000000204. The number of carbonyl (C=O) groups is 3. The van der Waals surface area contributed by atoms with Gasteiger partial charge in [-0.3, -0.25) is 4.18 Å². The van der Waals surface area contributed by atoms with Crippen LogP contribution in [-0.4, -0.2) is 169 Å². The minimum absolute atomic E-state index is 0.0763. The SMILES string of the molecule is COc1ccc(CO[C@@H]2C(CN=[N+]=[N-])O[C@@H](SC)C(C)[C@@H]2OC(=O)c2ccccc2)cc1.COc1ccc(CO[C@@H]2C(CO)O[C@@H](SC)C(C)[C@@H]2OC(=O)c2ccccc2)cc1.COc1ccc(CO[C@@H]2C(COS(C)(=O)=O)O[C@@H](SC)C(C)[C@@H]2OC(=O)c2ccccc2)cc1. The van der Waals surface area contributed by atoms with Crippen molar-refractivity contribution in [1.29, 1.82) is 0 Å². The zero-order valence-electron chi connectivity index (χ0n) is 55.3. The molecule has 26 heteroatoms. The highest BCUT2D eigenvalue weighted by Crippen LogP contribution is 2.39. The van der Waals surface area contributed by atoms with Gasteiger partial charge in [0.25, 0.3) is 10.1 Å². The molecule has 0 saturated carbocycles. The van der Waals surface area contributed by atoms with E-state index in [1.165, 1.54) is 35.3 Å². The summed E-state index contributed by atoms with van der Waals surface area (Å²) in [5.74, 6) is 0.431. The summed E-state index contributed by atoms with van der Waals surface area (Å²) in [5, 5.41) is 13.6. The standard InChI is InChI=1S/C24H30O8S2.C23H27N3O5S.C23H28O6S/c1-16-21(32-23(25)18-8-6-5-7-9-18)22(29-14-17-10-12-19(28-2)13-11-17)20(31-24(16)33-3)15-30-34(4,26)27;1-15-20(31-22(27)17-7-5-4-6-8-17)21(19(13-25-26-24)30-23(15)32-3)29-14-16-9-11-18(28-2)12-10-16;1-15-20(29-22(25)17-7-5-4-6-8-17)21(19(13-24)28-23(15)30-3)27-14-16-9-11-18(26-2)12-10-16/h5-13,16,20-22,24H,14-15H2,1-4H3;4-12,15,19-21,23H,13-14H2,1-3H3;4-12,15,19-21,23-24H,13-14H2,1-3H3/t16?,20?,21-,22+,24-;2*15?,19?,20-,21+,23-/m000/s1. The molecule has 6 aromatic rings. The highest BCUT2D eigenvalue weighted by atomic mass is 32.2. The molecule has 0 bridgehead atoms. The summed E-state index contributed by atoms with van der Waals surface area (Å²) in [6.07, 6.45) is 1.04. The van der Waals surface area contributed by atoms with Crippen LogP contribution in [0.15, 0.2) is 169 Å². The summed E-state index contributed by atoms with van der Waals surface area (Å²) in [7, 11) is 1.11. The Morgan fingerprint density at radius 2 is 0.781 bits per heavy atom. The third-order valence-corrected chi connectivity index (χ3v) is 19.6. The molecule has 3 fully saturated rings. The van der Waals surface area contributed by atoms with E-state index in [-0.39, 0.29) is 67.0 Å². The number of ether oxygens (including phenoxy) is 12. The quantitative estimate of drug-likeness (QED) is 0.0125. The van der Waals surface area contributed by atoms with Gasteiger partial charge in [0, 0.05) is 22.7 Å². The molecule has 96 heavy (non-hydrogen) atoms. The van der Waals surface area contributed by atoms with Crippen LogP contribution in [0.4, 0.5) is 0 Å². The van der Waals surface area contributed by atoms with E-state index in [9.17, 15) is 27.9 Å². The molecule has 22 nitrogen and oxygen atoms in total. The lowest BCUT2D eigenvalue weighted by Gasteiger charge is -2.44. The van der Waals surface area contributed by atoms with E-state index in [0.717, 1.165) is 40.2 Å². The van der Waals surface area contributed by atoms with Gasteiger partial charge in [-0.1, -0.05) is 117 Å². The molecule has 0 radical (unpaired) electrons. The van der Waals surface area contributed by atoms with Crippen molar-refractivity contribution in [2.45, 2.75) is 112 Å². The molecule has 0 spiro atoms. The summed E-state index contributed by atoms with van der Waals surface area (Å²) in [6, 6.07) is 48.8. The van der Waals surface area contributed by atoms with Crippen molar-refractivity contribution in [2.75, 3.05) is 66.1 Å². The van der Waals surface area contributed by atoms with Gasteiger partial charge in [-0.05, 0) is 114 Å². The maximum absolute atomic E-state index is 12.9. The van der Waals surface area contributed by atoms with Crippen molar-refractivity contribution in [3.8, 4) is 17.2 Å². The highest BCUT2D eigenvalue weighted by Gasteiger charge is 2.49. The molecule has 1 N–H and O–H groups in total. The Morgan fingerprint density at radius 1 is 0.479 bits per heavy atom. The van der Waals surface area contributed by atoms with Crippen LogP contribution in [0.25, 0.3) is 10.4 Å². The number of thioether (sulfide) groups is 3. The molecule has 3 heterocycles. The van der Waals surface area contributed by atoms with Gasteiger partial charge in [0.2, 0.25) is 0 Å². The lowest BCUT2D eigenvalue weighted by molar-refractivity contribution is -0.204. The van der Waals surface area contributed by atoms with Crippen molar-refractivity contribution in [3.05, 3.63) is 208 Å². The Morgan fingerprint density at radius 3 is 1.07 bits per heavy atom. The second-order valence-electron chi connectivity index (χ2n) is 22.6. The first-order valence-electron chi connectivity index (χ1n) is 30.9. The van der Waals surface area contributed by atoms with E-state index in [4.69, 9.17) is 66.6 Å². The van der Waals surface area contributed by atoms with Crippen LogP contribution in [0.2, 0.25) is 0 Å². The summed E-state index contributed by atoms with van der Waals surface area (Å²) in [5.41, 5.74) is 12.2. The molecule has 15 atom stereocenters. The molecule has 518 valence electrons. The van der Waals surface area contributed by atoms with Crippen molar-refractivity contribution >= 4 is 63.3 Å². The number of hydrogen-bond acceptors (Lipinski definition) is 23. The Hall–Kier alpha value is -6.88. The van der Waals surface area contributed by atoms with E-state index < -0.39 is 83.0 Å². The smallest absolute Gasteiger partial charge is 0.338 e. The van der Waals surface area contributed by atoms with E-state index in [0.29, 0.717) is 23.3 Å². The number of methoxy groups -OCH3 is 3. The third-order valence-electron chi connectivity index (χ3n) is 16.1. The molecule has 6 aromatic carbocycles. The molecule has 6 unspecified atom stereocenters. The van der Waals surface area contributed by atoms with E-state index >= 15 is 0 Å². The van der Waals surface area contributed by atoms with E-state index in [1.54, 1.807) is 94.1 Å². The van der Waals surface area contributed by atoms with Gasteiger partial charge < -0.3 is 61.9 Å². The number of benzene rings is 6. The average molecular weight is 1400 g/mol. The van der Waals surface area contributed by atoms with E-state index in [2.05, 4.69) is 10.0 Å². The van der Waals surface area contributed by atoms with Gasteiger partial charge in [0.05, 0.1) is 90.0 Å². The summed E-state index contributed by atoms with van der Waals surface area (Å²) >= 11 is 4.50. The zero-order valence-corrected chi connectivity index (χ0v) is 58.5. The number of azide groups is 1. The zero-order chi connectivity index (χ0) is 69.2. The fourth-order valence-corrected chi connectivity index (χ4v) is 13.7. The molecule has 3 aliphatic heterocycles. The van der Waals surface area contributed by atoms with Gasteiger partial charge in [-0.15, -0.1) is 35.3 Å². The van der Waals surface area contributed by atoms with Crippen LogP contribution in [0, 0.1) is 17.8 Å². The molecule has 0 amide bonds. The molecular weight excluding hydrogens is 1320 g/mol. The van der Waals surface area contributed by atoms with Crippen LogP contribution >= 0.6 is 35.3 Å². The van der Waals surface area contributed by atoms with Crippen molar-refractivity contribution in [2.24, 2.45) is 22.9 Å². The van der Waals surface area contributed by atoms with E-state index in [1.807, 2.05) is 131 Å². The number of rotatable bonds is 27. The Kier molecular flexibility index (Phi) is 31.0. The molecular formula is C70H85N3O19S4. The summed E-state index contributed by atoms with van der Waals surface area (Å²) < 4.78 is 98.7. The molecule has 3 aliphatic rings. The number of aliphatic hydroxyl groups is 1. The van der Waals surface area contributed by atoms with Crippen molar-refractivity contribution in [1.82, 2.24) is 0 Å². The van der Waals surface area contributed by atoms with Crippen molar-refractivity contribution < 1.29 is 88.9 Å². The van der Waals surface area contributed by atoms with Gasteiger partial charge >= 0.3 is 17.9 Å². The number of aliphatic hydroxyl groups excluding tert-OH is 1. The largest absolute Gasteiger partial charge is 0.497 e. The first-order valence-corrected chi connectivity index (χ1v) is 36.6. The second kappa shape index (κ2) is 38.9. The minimum Gasteiger partial charge on any atom is -0.497 e. The molecule has 0 aliphatic carbocycles. The number of esters is 3. The maximum atomic E-state index is 12.9. The molecule has 0 aromatic heterocycles. The summed E-state index contributed by atoms with van der Waals surface area (Å²) in [6.45, 7) is 6.23. The van der Waals surface area contributed by atoms with Gasteiger partial charge in [-0.25, -0.2) is 14.4 Å². The maximum Gasteiger partial charge on any atom is 0.338 e. The van der Waals surface area contributed by atoms with Crippen LogP contribution in [0.1, 0.15) is 68.5 Å². The van der Waals surface area contributed by atoms with Gasteiger partial charge in [-0.2, -0.15) is 8.42 Å². The van der Waals surface area contributed by atoms with Crippen LogP contribution in [0.5, 0.6) is 17.2 Å². The number of hydrogen-bond donors (Lipinski definition) is 1. The summed E-state index contributed by atoms with van der Waals surface area (Å²) in [4.78, 5) is 41.3. The monoisotopic (exact) mass is 1400 g/mol. The van der Waals surface area contributed by atoms with Gasteiger partial charge in [0.1, 0.15) is 82.4 Å². The fourth-order valence-electron chi connectivity index (χ4n) is 10.8. The predicted octanol–water partition coefficient (Wildman–Crippen LogP) is 11.9. The normalized spacial score (nSPS) is 25.3. The first-order chi connectivity index (χ1) is 46.3. The predicted molar refractivity (Wildman–Crippen MR) is 368 cm³/mol. The fraction of sp³-hybridized carbons (Fsp3) is 0.443.